The van der Waals surface area contributed by atoms with Gasteiger partial charge in [-0.05, 0) is 16.4 Å². The van der Waals surface area contributed by atoms with Crippen LogP contribution in [0.2, 0.25) is 0 Å². The van der Waals surface area contributed by atoms with E-state index in [0.717, 1.165) is 0 Å². The maximum Gasteiger partial charge on any atom is 0.392 e. The molecule has 0 radical (unpaired) electrons. The van der Waals surface area contributed by atoms with E-state index in [4.69, 9.17) is 5.02 Å². The summed E-state index contributed by atoms with van der Waals surface area (Å²) in [5, 5.41) is 8.04. The number of hydrogen-bond acceptors (Lipinski definition) is 0. The van der Waals surface area contributed by atoms with Gasteiger partial charge in [-0.2, -0.15) is 0 Å². The molecule has 0 aliphatic carbocycles. The lowest BCUT2D eigenvalue weighted by Gasteiger charge is -2.33. The SMILES string of the molecule is O.O.[OH2+][B-](c1c(F)c(F)c(F)c(F)c1F)(c1c(F)c(F)c(F)c(F)c1F)c1c(F)c(F)c(F)c(F)c1F. The van der Waals surface area contributed by atoms with Gasteiger partial charge >= 0.3 is 6.35 Å². The fraction of sp³-hybridized carbons (Fsp3) is 0. The van der Waals surface area contributed by atoms with Gasteiger partial charge in [-0.25, -0.2) is 65.9 Å². The fourth-order valence-corrected chi connectivity index (χ4v) is 3.44. The fourth-order valence-electron chi connectivity index (χ4n) is 3.44. The molecule has 0 heterocycles. The molecule has 3 aromatic rings. The van der Waals surface area contributed by atoms with Crippen molar-refractivity contribution in [3.8, 4) is 0 Å². The van der Waals surface area contributed by atoms with Gasteiger partial charge in [-0.15, -0.1) is 0 Å². The van der Waals surface area contributed by atoms with Crippen LogP contribution < -0.4 is 16.4 Å². The second-order valence-electron chi connectivity index (χ2n) is 6.82. The molecule has 0 saturated carbocycles. The monoisotopic (exact) mass is 566 g/mol. The van der Waals surface area contributed by atoms with Crippen molar-refractivity contribution >= 4 is 22.7 Å². The van der Waals surface area contributed by atoms with E-state index in [2.05, 4.69) is 0 Å². The lowest BCUT2D eigenvalue weighted by molar-refractivity contribution is 0.374. The first kappa shape index (κ1) is 31.6. The molecule has 0 unspecified atom stereocenters. The van der Waals surface area contributed by atoms with Crippen molar-refractivity contribution < 1.29 is 81.8 Å². The van der Waals surface area contributed by atoms with Crippen LogP contribution in [-0.4, -0.2) is 22.3 Å². The van der Waals surface area contributed by atoms with Crippen molar-refractivity contribution in [3.63, 3.8) is 0 Å². The topological polar surface area (TPSA) is 85.9 Å². The number of benzene rings is 3. The predicted molar refractivity (Wildman–Crippen MR) is 94.2 cm³/mol. The standard InChI is InChI=1S/C18H2BF15O.2H2O/c20-4-1(5(21)11(27)16(32)10(4)26)19(35,2-6(22)12(28)17(33)13(29)7(2)23)3-8(24)14(30)18(34)15(31)9(3)25;;/h35H2;2*1H2. The van der Waals surface area contributed by atoms with E-state index < -0.39 is 110 Å². The molecule has 37 heavy (non-hydrogen) atoms. The first-order chi connectivity index (χ1) is 16.0. The summed E-state index contributed by atoms with van der Waals surface area (Å²) < 4.78 is 210. The first-order valence-electron chi connectivity index (χ1n) is 8.49. The Morgan fingerprint density at radius 3 is 0.514 bits per heavy atom. The first-order valence-corrected chi connectivity index (χ1v) is 8.49. The molecule has 3 rings (SSSR count). The van der Waals surface area contributed by atoms with Gasteiger partial charge in [0.1, 0.15) is 34.9 Å². The third kappa shape index (κ3) is 4.06. The van der Waals surface area contributed by atoms with Crippen LogP contribution in [0, 0.1) is 87.3 Å². The molecule has 0 amide bonds. The zero-order valence-electron chi connectivity index (χ0n) is 16.7. The third-order valence-corrected chi connectivity index (χ3v) is 5.03. The van der Waals surface area contributed by atoms with E-state index in [1.54, 1.807) is 0 Å². The van der Waals surface area contributed by atoms with Crippen LogP contribution in [-0.2, 0) is 0 Å². The Hall–Kier alpha value is -3.45. The van der Waals surface area contributed by atoms with Gasteiger partial charge in [-0.3, -0.25) is 0 Å². The van der Waals surface area contributed by atoms with Crippen molar-refractivity contribution in [2.24, 2.45) is 0 Å². The smallest absolute Gasteiger partial charge is 0.392 e. The molecule has 0 aromatic heterocycles. The summed E-state index contributed by atoms with van der Waals surface area (Å²) in [5.74, 6) is -47.2. The van der Waals surface area contributed by atoms with Crippen LogP contribution in [0.1, 0.15) is 0 Å². The maximum absolute atomic E-state index is 14.5. The van der Waals surface area contributed by atoms with Gasteiger partial charge < -0.3 is 16.0 Å². The van der Waals surface area contributed by atoms with Crippen LogP contribution in [0.5, 0.6) is 0 Å². The molecule has 3 aromatic carbocycles. The Morgan fingerprint density at radius 1 is 0.270 bits per heavy atom. The zero-order chi connectivity index (χ0) is 26.9. The molecule has 0 aliphatic rings. The normalized spacial score (nSPS) is 11.4. The third-order valence-electron chi connectivity index (χ3n) is 5.03. The predicted octanol–water partition coefficient (Wildman–Crippen LogP) is 1.82. The summed E-state index contributed by atoms with van der Waals surface area (Å²) in [6.45, 7) is 0. The molecule has 204 valence electrons. The summed E-state index contributed by atoms with van der Waals surface area (Å²) in [5.41, 5.74) is -8.89. The second-order valence-corrected chi connectivity index (χ2v) is 6.82. The van der Waals surface area contributed by atoms with Crippen molar-refractivity contribution in [1.29, 1.82) is 0 Å². The zero-order valence-corrected chi connectivity index (χ0v) is 16.7. The summed E-state index contributed by atoms with van der Waals surface area (Å²) in [6, 6.07) is 0. The van der Waals surface area contributed by atoms with E-state index in [1.165, 1.54) is 0 Å². The highest BCUT2D eigenvalue weighted by molar-refractivity contribution is 7.06. The van der Waals surface area contributed by atoms with Crippen molar-refractivity contribution in [2.75, 3.05) is 0 Å². The lowest BCUT2D eigenvalue weighted by atomic mass is 9.28. The summed E-state index contributed by atoms with van der Waals surface area (Å²) >= 11 is 0. The highest BCUT2D eigenvalue weighted by atomic mass is 19.2. The van der Waals surface area contributed by atoms with Crippen LogP contribution in [0.15, 0.2) is 0 Å². The Bertz CT molecular complexity index is 1170. The molecule has 3 nitrogen and oxygen atoms in total. The van der Waals surface area contributed by atoms with E-state index in [9.17, 15) is 65.9 Å². The molecule has 0 spiro atoms. The van der Waals surface area contributed by atoms with Gasteiger partial charge in [0.15, 0.2) is 52.4 Å². The van der Waals surface area contributed by atoms with Crippen LogP contribution in [0.3, 0.4) is 0 Å². The van der Waals surface area contributed by atoms with Crippen molar-refractivity contribution in [3.05, 3.63) is 87.3 Å². The minimum absolute atomic E-state index is 0. The Morgan fingerprint density at radius 2 is 0.378 bits per heavy atom. The highest BCUT2D eigenvalue weighted by Crippen LogP contribution is 2.26. The molecule has 0 bridgehead atoms. The molecule has 0 saturated heterocycles. The van der Waals surface area contributed by atoms with Crippen molar-refractivity contribution in [1.82, 2.24) is 0 Å². The molecule has 0 atom stereocenters. The van der Waals surface area contributed by atoms with Gasteiger partial charge in [0.2, 0.25) is 0 Å². The number of hydrogen-bond donors (Lipinski definition) is 0. The largest absolute Gasteiger partial charge is 0.681 e. The summed E-state index contributed by atoms with van der Waals surface area (Å²) in [7, 11) is 0. The van der Waals surface area contributed by atoms with Crippen LogP contribution in [0.25, 0.3) is 0 Å². The van der Waals surface area contributed by atoms with E-state index in [-0.39, 0.29) is 11.0 Å². The van der Waals surface area contributed by atoms with Gasteiger partial charge in [-0.1, -0.05) is 0 Å². The maximum atomic E-state index is 14.5. The molecular formula is C18H6BF15O3. The average Bonchev–Trinajstić information content (AvgIpc) is 2.81. The molecular weight excluding hydrogens is 560 g/mol. The average molecular weight is 566 g/mol. The van der Waals surface area contributed by atoms with Gasteiger partial charge in [0.05, 0.1) is 0 Å². The highest BCUT2D eigenvalue weighted by Gasteiger charge is 2.53. The summed E-state index contributed by atoms with van der Waals surface area (Å²) in [6.07, 6.45) is -6.16. The van der Waals surface area contributed by atoms with Gasteiger partial charge in [0, 0.05) is 0 Å². The molecule has 0 fully saturated rings. The van der Waals surface area contributed by atoms with Crippen LogP contribution >= 0.6 is 0 Å². The minimum Gasteiger partial charge on any atom is -0.681 e. The van der Waals surface area contributed by atoms with E-state index in [0.29, 0.717) is 0 Å². The quantitative estimate of drug-likeness (QED) is 0.153. The van der Waals surface area contributed by atoms with Gasteiger partial charge in [0.25, 0.3) is 0 Å². The summed E-state index contributed by atoms with van der Waals surface area (Å²) in [4.78, 5) is 0. The van der Waals surface area contributed by atoms with E-state index >= 15 is 0 Å². The molecule has 6 N–H and O–H groups in total. The molecule has 19 heteroatoms. The molecule has 0 aliphatic heterocycles. The van der Waals surface area contributed by atoms with E-state index in [1.807, 2.05) is 0 Å². The lowest BCUT2D eigenvalue weighted by Crippen LogP contribution is -2.73. The van der Waals surface area contributed by atoms with Crippen LogP contribution in [0.4, 0.5) is 65.9 Å². The number of halogens is 15. The Labute approximate surface area is 192 Å². The number of rotatable bonds is 3. The van der Waals surface area contributed by atoms with Crippen molar-refractivity contribution in [2.45, 2.75) is 0 Å². The Balaban J connectivity index is 0.00000342. The Kier molecular flexibility index (Phi) is 8.65. The minimum atomic E-state index is -6.16. The second kappa shape index (κ2) is 10.1.